The zero-order valence-corrected chi connectivity index (χ0v) is 14.2. The summed E-state index contributed by atoms with van der Waals surface area (Å²) in [6.07, 6.45) is 0.498. The number of carbonyl (C=O) groups excluding carboxylic acids is 1. The Morgan fingerprint density at radius 2 is 1.48 bits per heavy atom. The molecule has 0 bridgehead atoms. The molecule has 142 valence electrons. The molecule has 11 heteroatoms. The van der Waals surface area contributed by atoms with Crippen molar-refractivity contribution in [3.05, 3.63) is 12.7 Å². The Bertz CT molecular complexity index is 374. The monoisotopic (exact) mass is 375 g/mol. The Kier molecular flexibility index (Phi) is 8.28. The maximum atomic E-state index is 10.8. The van der Waals surface area contributed by atoms with Crippen molar-refractivity contribution < 1.29 is 44.3 Å². The first-order valence-electron chi connectivity index (χ1n) is 6.87. The molecule has 0 aliphatic heterocycles. The fraction of sp³-hybridized carbons (Fsp3) is 0.750. The number of aliphatic hydroxyl groups is 1. The summed E-state index contributed by atoms with van der Waals surface area (Å²) in [6, 6.07) is 0. The van der Waals surface area contributed by atoms with Crippen molar-refractivity contribution >= 4 is 13.8 Å². The van der Waals surface area contributed by atoms with Crippen molar-refractivity contribution in [2.75, 3.05) is 32.8 Å². The summed E-state index contributed by atoms with van der Waals surface area (Å²) in [5.74, 6) is -0.485. The predicted octanol–water partition coefficient (Wildman–Crippen LogP) is 4.34. The number of aliphatic hydroxyl groups excluding tert-OH is 1. The second kappa shape index (κ2) is 7.81. The minimum absolute atomic E-state index is 0.0465. The van der Waals surface area contributed by atoms with E-state index in [4.69, 9.17) is 4.74 Å². The number of halogens is 6. The molecule has 0 amide bonds. The van der Waals surface area contributed by atoms with E-state index in [-0.39, 0.29) is 6.61 Å². The molecule has 0 saturated carbocycles. The Morgan fingerprint density at radius 1 is 1.13 bits per heavy atom. The Labute approximate surface area is 131 Å². The van der Waals surface area contributed by atoms with E-state index in [2.05, 4.69) is 27.4 Å². The third-order valence-corrected chi connectivity index (χ3v) is 3.20. The van der Waals surface area contributed by atoms with Crippen molar-refractivity contribution in [3.8, 4) is 0 Å². The molecule has 0 aromatic rings. The van der Waals surface area contributed by atoms with Crippen molar-refractivity contribution in [1.82, 2.24) is 0 Å². The fourth-order valence-electron chi connectivity index (χ4n) is 1.80. The van der Waals surface area contributed by atoms with Crippen LogP contribution in [0.2, 0.25) is 0 Å². The molecule has 0 saturated heterocycles. The third kappa shape index (κ3) is 19.1. The van der Waals surface area contributed by atoms with Crippen LogP contribution in [0, 0.1) is 0 Å². The first kappa shape index (κ1) is 24.4. The first-order valence-corrected chi connectivity index (χ1v) is 8.90. The third-order valence-electron chi connectivity index (χ3n) is 3.20. The van der Waals surface area contributed by atoms with E-state index < -0.39 is 19.9 Å². The number of hydrogen-bond donors (Lipinski definition) is 1. The molecule has 0 aromatic heterocycles. The molecular formula is C12H24F6NO3P. The Balaban J connectivity index is 0. The van der Waals surface area contributed by atoms with E-state index in [9.17, 15) is 35.1 Å². The van der Waals surface area contributed by atoms with Gasteiger partial charge in [0.2, 0.25) is 0 Å². The van der Waals surface area contributed by atoms with Crippen molar-refractivity contribution in [2.45, 2.75) is 26.9 Å². The van der Waals surface area contributed by atoms with Crippen LogP contribution in [-0.4, -0.2) is 54.4 Å². The van der Waals surface area contributed by atoms with Crippen molar-refractivity contribution in [2.24, 2.45) is 0 Å². The number of esters is 1. The van der Waals surface area contributed by atoms with Crippen LogP contribution in [0.5, 0.6) is 0 Å². The first-order chi connectivity index (χ1) is 9.98. The summed E-state index contributed by atoms with van der Waals surface area (Å²) in [6.45, 7) is 13.2. The minimum atomic E-state index is -10.7. The van der Waals surface area contributed by atoms with Crippen LogP contribution < -0.4 is 0 Å². The summed E-state index contributed by atoms with van der Waals surface area (Å²) >= 11 is 0. The molecule has 0 heterocycles. The van der Waals surface area contributed by atoms with Gasteiger partial charge in [-0.3, -0.25) is 0 Å². The molecule has 0 radical (unpaired) electrons. The van der Waals surface area contributed by atoms with Crippen LogP contribution in [0.25, 0.3) is 0 Å². The van der Waals surface area contributed by atoms with Crippen LogP contribution in [0.15, 0.2) is 12.7 Å². The van der Waals surface area contributed by atoms with Crippen LogP contribution in [0.1, 0.15) is 20.8 Å². The van der Waals surface area contributed by atoms with Gasteiger partial charge in [-0.15, -0.1) is 0 Å². The number of nitrogens with zero attached hydrogens (tertiary/aromatic N) is 1. The molecular weight excluding hydrogens is 351 g/mol. The molecule has 0 rings (SSSR count). The summed E-state index contributed by atoms with van der Waals surface area (Å²) in [5, 5.41) is 9.80. The van der Waals surface area contributed by atoms with Gasteiger partial charge in [-0.1, -0.05) is 6.58 Å². The van der Waals surface area contributed by atoms with Gasteiger partial charge in [0.25, 0.3) is 0 Å². The van der Waals surface area contributed by atoms with Gasteiger partial charge in [-0.2, -0.15) is 0 Å². The molecule has 1 N–H and O–H groups in total. The Hall–Kier alpha value is -0.860. The zero-order chi connectivity index (χ0) is 19.0. The van der Waals surface area contributed by atoms with Crippen molar-refractivity contribution in [1.29, 1.82) is 0 Å². The quantitative estimate of drug-likeness (QED) is 0.226. The van der Waals surface area contributed by atoms with Gasteiger partial charge in [-0.25, -0.2) is 4.79 Å². The summed E-state index contributed by atoms with van der Waals surface area (Å²) in [4.78, 5) is 10.8. The normalized spacial score (nSPS) is 16.3. The molecule has 4 nitrogen and oxygen atoms in total. The predicted molar refractivity (Wildman–Crippen MR) is 77.5 cm³/mol. The van der Waals surface area contributed by atoms with Gasteiger partial charge in [0.05, 0.1) is 19.6 Å². The van der Waals surface area contributed by atoms with Gasteiger partial charge in [-0.05, 0) is 20.8 Å². The van der Waals surface area contributed by atoms with Gasteiger partial charge in [0, 0.05) is 6.08 Å². The van der Waals surface area contributed by atoms with E-state index in [1.807, 2.05) is 0 Å². The van der Waals surface area contributed by atoms with Crippen LogP contribution in [0.3, 0.4) is 0 Å². The van der Waals surface area contributed by atoms with E-state index in [0.29, 0.717) is 6.54 Å². The van der Waals surface area contributed by atoms with Crippen molar-refractivity contribution in [3.63, 3.8) is 0 Å². The van der Waals surface area contributed by atoms with E-state index >= 15 is 0 Å². The van der Waals surface area contributed by atoms with Gasteiger partial charge in [0.1, 0.15) is 19.3 Å². The molecule has 0 spiro atoms. The number of rotatable bonds is 8. The number of carbonyl (C=O) groups is 1. The van der Waals surface area contributed by atoms with Crippen LogP contribution in [0.4, 0.5) is 25.2 Å². The van der Waals surface area contributed by atoms with Gasteiger partial charge in [0.15, 0.2) is 0 Å². The van der Waals surface area contributed by atoms with E-state index in [1.54, 1.807) is 0 Å². The van der Waals surface area contributed by atoms with Gasteiger partial charge >= 0.3 is 39.0 Å². The number of hydrogen-bond acceptors (Lipinski definition) is 3. The molecule has 0 fully saturated rings. The Morgan fingerprint density at radius 3 is 1.74 bits per heavy atom. The zero-order valence-electron chi connectivity index (χ0n) is 13.3. The van der Waals surface area contributed by atoms with E-state index in [1.165, 1.54) is 0 Å². The average molecular weight is 375 g/mol. The number of quaternary nitrogens is 1. The summed E-state index contributed by atoms with van der Waals surface area (Å²) < 4.78 is 64.8. The molecule has 0 aromatic carbocycles. The van der Waals surface area contributed by atoms with E-state index in [0.717, 1.165) is 30.2 Å². The summed E-state index contributed by atoms with van der Waals surface area (Å²) in [5.41, 5.74) is 0. The topological polar surface area (TPSA) is 46.5 Å². The second-order valence-electron chi connectivity index (χ2n) is 4.92. The fourth-order valence-corrected chi connectivity index (χ4v) is 1.80. The number of ether oxygens (including phenoxy) is 1. The molecule has 1 atom stereocenters. The van der Waals surface area contributed by atoms with Gasteiger partial charge < -0.3 is 14.3 Å². The van der Waals surface area contributed by atoms with Crippen LogP contribution >= 0.6 is 7.81 Å². The molecule has 1 unspecified atom stereocenters. The summed E-state index contributed by atoms with van der Waals surface area (Å²) in [7, 11) is -10.7. The standard InChI is InChI=1S/C12H24NO3.F6P/c1-5-12(15)16-10-11(14)9-13(6-2,7-3)8-4;1-7(2,3,4,5)6/h5,11,14H,1,6-10H2,2-4H3;/q+1;-1. The maximum absolute atomic E-state index is 10.8. The molecule has 0 aliphatic carbocycles. The molecule has 23 heavy (non-hydrogen) atoms. The SMILES string of the molecule is C=CC(=O)OCC(O)C[N+](CC)(CC)CC.F[P-](F)(F)(F)(F)F. The molecule has 0 aliphatic rings. The van der Waals surface area contributed by atoms with Crippen LogP contribution in [-0.2, 0) is 9.53 Å². The number of likely N-dealkylation sites (N-methyl/N-ethyl adjacent to an activating group) is 1. The average Bonchev–Trinajstić information content (AvgIpc) is 2.38. The second-order valence-corrected chi connectivity index (χ2v) is 6.84.